The Morgan fingerprint density at radius 3 is 2.79 bits per heavy atom. The fraction of sp³-hybridized carbons (Fsp3) is 0.500. The lowest BCUT2D eigenvalue weighted by atomic mass is 9.91. The van der Waals surface area contributed by atoms with Gasteiger partial charge in [0.2, 0.25) is 0 Å². The van der Waals surface area contributed by atoms with Gasteiger partial charge in [0, 0.05) is 0 Å². The summed E-state index contributed by atoms with van der Waals surface area (Å²) >= 11 is 7.22. The molecule has 1 atom stereocenters. The maximum atomic E-state index is 11.9. The zero-order valence-corrected chi connectivity index (χ0v) is 9.91. The third-order valence-electron chi connectivity index (χ3n) is 2.11. The Bertz CT molecular complexity index is 333. The van der Waals surface area contributed by atoms with Gasteiger partial charge in [-0.25, -0.2) is 0 Å². The van der Waals surface area contributed by atoms with Crippen molar-refractivity contribution in [3.63, 3.8) is 0 Å². The van der Waals surface area contributed by atoms with E-state index in [1.165, 1.54) is 11.3 Å². The van der Waals surface area contributed by atoms with Gasteiger partial charge in [0.15, 0.2) is 5.78 Å². The van der Waals surface area contributed by atoms with Crippen LogP contribution in [0, 0.1) is 0 Å². The Kier molecular flexibility index (Phi) is 3.70. The number of rotatable bonds is 4. The average Bonchev–Trinajstić information content (AvgIpc) is 2.50. The molecule has 0 spiro atoms. The van der Waals surface area contributed by atoms with Gasteiger partial charge >= 0.3 is 0 Å². The first kappa shape index (κ1) is 11.7. The Labute approximate surface area is 93.1 Å². The number of thiophene rings is 1. The minimum Gasteiger partial charge on any atom is -0.319 e. The first-order chi connectivity index (χ1) is 6.49. The van der Waals surface area contributed by atoms with Gasteiger partial charge in [-0.15, -0.1) is 11.3 Å². The highest BCUT2D eigenvalue weighted by atomic mass is 35.5. The van der Waals surface area contributed by atoms with Crippen LogP contribution in [0.5, 0.6) is 0 Å². The molecule has 0 aliphatic heterocycles. The molecule has 1 unspecified atom stereocenters. The molecule has 0 saturated heterocycles. The van der Waals surface area contributed by atoms with Gasteiger partial charge in [-0.1, -0.05) is 24.9 Å². The van der Waals surface area contributed by atoms with Crippen LogP contribution < -0.4 is 5.73 Å². The van der Waals surface area contributed by atoms with E-state index in [9.17, 15) is 4.79 Å². The third-order valence-corrected chi connectivity index (χ3v) is 3.45. The van der Waals surface area contributed by atoms with E-state index in [4.69, 9.17) is 17.3 Å². The van der Waals surface area contributed by atoms with Crippen molar-refractivity contribution in [1.29, 1.82) is 0 Å². The standard InChI is InChI=1S/C10H14ClNOS/c1-3-5-10(2,12)9(13)8-7(11)4-6-14-8/h4,6H,3,5,12H2,1-2H3. The lowest BCUT2D eigenvalue weighted by molar-refractivity contribution is 0.0897. The van der Waals surface area contributed by atoms with Crippen molar-refractivity contribution >= 4 is 28.7 Å². The van der Waals surface area contributed by atoms with E-state index in [2.05, 4.69) is 0 Å². The topological polar surface area (TPSA) is 43.1 Å². The van der Waals surface area contributed by atoms with Crippen LogP contribution in [-0.4, -0.2) is 11.3 Å². The Balaban J connectivity index is 2.90. The summed E-state index contributed by atoms with van der Waals surface area (Å²) in [5.41, 5.74) is 5.14. The zero-order chi connectivity index (χ0) is 10.8. The van der Waals surface area contributed by atoms with Crippen LogP contribution in [0.25, 0.3) is 0 Å². The minimum absolute atomic E-state index is 0.0562. The van der Waals surface area contributed by atoms with Crippen LogP contribution in [0.1, 0.15) is 36.4 Å². The molecule has 2 nitrogen and oxygen atoms in total. The molecule has 78 valence electrons. The molecule has 0 aliphatic rings. The van der Waals surface area contributed by atoms with Crippen molar-refractivity contribution in [3.8, 4) is 0 Å². The van der Waals surface area contributed by atoms with E-state index in [-0.39, 0.29) is 5.78 Å². The summed E-state index contributed by atoms with van der Waals surface area (Å²) in [4.78, 5) is 12.5. The molecular weight excluding hydrogens is 218 g/mol. The number of hydrogen-bond acceptors (Lipinski definition) is 3. The lowest BCUT2D eigenvalue weighted by Crippen LogP contribution is -2.44. The normalized spacial score (nSPS) is 15.1. The molecule has 0 amide bonds. The summed E-state index contributed by atoms with van der Waals surface area (Å²) < 4.78 is 0. The van der Waals surface area contributed by atoms with Crippen molar-refractivity contribution in [3.05, 3.63) is 21.3 Å². The molecule has 0 radical (unpaired) electrons. The fourth-order valence-electron chi connectivity index (χ4n) is 1.35. The third kappa shape index (κ3) is 2.35. The molecule has 0 aromatic carbocycles. The number of hydrogen-bond donors (Lipinski definition) is 1. The van der Waals surface area contributed by atoms with Gasteiger partial charge in [0.1, 0.15) is 0 Å². The predicted octanol–water partition coefficient (Wildman–Crippen LogP) is 3.10. The largest absolute Gasteiger partial charge is 0.319 e. The molecule has 1 aromatic rings. The molecule has 1 heterocycles. The Hall–Kier alpha value is -0.380. The van der Waals surface area contributed by atoms with E-state index >= 15 is 0 Å². The molecule has 0 bridgehead atoms. The Morgan fingerprint density at radius 2 is 2.36 bits per heavy atom. The molecule has 0 fully saturated rings. The second-order valence-electron chi connectivity index (χ2n) is 3.59. The highest BCUT2D eigenvalue weighted by Crippen LogP contribution is 2.27. The van der Waals surface area contributed by atoms with Gasteiger partial charge in [-0.05, 0) is 24.8 Å². The molecule has 0 aliphatic carbocycles. The molecule has 0 saturated carbocycles. The van der Waals surface area contributed by atoms with E-state index in [1.807, 2.05) is 6.92 Å². The smallest absolute Gasteiger partial charge is 0.193 e. The average molecular weight is 232 g/mol. The first-order valence-electron chi connectivity index (χ1n) is 4.55. The molecule has 1 aromatic heterocycles. The summed E-state index contributed by atoms with van der Waals surface area (Å²) in [6.07, 6.45) is 1.57. The maximum absolute atomic E-state index is 11.9. The maximum Gasteiger partial charge on any atom is 0.193 e. The van der Waals surface area contributed by atoms with Crippen LogP contribution in [0.2, 0.25) is 5.02 Å². The van der Waals surface area contributed by atoms with E-state index in [0.29, 0.717) is 16.3 Å². The van der Waals surface area contributed by atoms with Gasteiger partial charge in [0.25, 0.3) is 0 Å². The van der Waals surface area contributed by atoms with Gasteiger partial charge in [-0.2, -0.15) is 0 Å². The Morgan fingerprint density at radius 1 is 1.71 bits per heavy atom. The molecule has 2 N–H and O–H groups in total. The fourth-order valence-corrected chi connectivity index (χ4v) is 2.57. The quantitative estimate of drug-likeness (QED) is 0.810. The number of ketones is 1. The van der Waals surface area contributed by atoms with Crippen molar-refractivity contribution in [1.82, 2.24) is 0 Å². The van der Waals surface area contributed by atoms with Crippen molar-refractivity contribution < 1.29 is 4.79 Å². The summed E-state index contributed by atoms with van der Waals surface area (Å²) in [5, 5.41) is 2.31. The SMILES string of the molecule is CCCC(C)(N)C(=O)c1sccc1Cl. The van der Waals surface area contributed by atoms with E-state index < -0.39 is 5.54 Å². The molecule has 4 heteroatoms. The lowest BCUT2D eigenvalue weighted by Gasteiger charge is -2.21. The summed E-state index contributed by atoms with van der Waals surface area (Å²) in [6.45, 7) is 3.77. The number of carbonyl (C=O) groups is 1. The van der Waals surface area contributed by atoms with Crippen molar-refractivity contribution in [2.24, 2.45) is 5.73 Å². The van der Waals surface area contributed by atoms with Gasteiger partial charge in [0.05, 0.1) is 15.4 Å². The van der Waals surface area contributed by atoms with Crippen molar-refractivity contribution in [2.75, 3.05) is 0 Å². The monoisotopic (exact) mass is 231 g/mol. The minimum atomic E-state index is -0.788. The van der Waals surface area contributed by atoms with Crippen LogP contribution in [0.15, 0.2) is 11.4 Å². The van der Waals surface area contributed by atoms with E-state index in [0.717, 1.165) is 6.42 Å². The van der Waals surface area contributed by atoms with Crippen LogP contribution in [0.3, 0.4) is 0 Å². The second kappa shape index (κ2) is 4.43. The highest BCUT2D eigenvalue weighted by Gasteiger charge is 2.30. The zero-order valence-electron chi connectivity index (χ0n) is 8.34. The summed E-state index contributed by atoms with van der Waals surface area (Å²) in [5.74, 6) is -0.0562. The van der Waals surface area contributed by atoms with Crippen LogP contribution in [-0.2, 0) is 0 Å². The number of Topliss-reactive ketones (excluding diaryl/α,β-unsaturated/α-hetero) is 1. The van der Waals surface area contributed by atoms with Crippen molar-refractivity contribution in [2.45, 2.75) is 32.2 Å². The van der Waals surface area contributed by atoms with Gasteiger partial charge in [-0.3, -0.25) is 4.79 Å². The van der Waals surface area contributed by atoms with Gasteiger partial charge < -0.3 is 5.73 Å². The molecular formula is C10H14ClNOS. The number of halogens is 1. The highest BCUT2D eigenvalue weighted by molar-refractivity contribution is 7.12. The van der Waals surface area contributed by atoms with Crippen LogP contribution >= 0.6 is 22.9 Å². The first-order valence-corrected chi connectivity index (χ1v) is 5.81. The summed E-state index contributed by atoms with van der Waals surface area (Å²) in [6, 6.07) is 1.72. The molecule has 1 rings (SSSR count). The number of carbonyl (C=O) groups excluding carboxylic acids is 1. The predicted molar refractivity (Wildman–Crippen MR) is 61.2 cm³/mol. The second-order valence-corrected chi connectivity index (χ2v) is 4.92. The summed E-state index contributed by atoms with van der Waals surface area (Å²) in [7, 11) is 0. The number of nitrogens with two attached hydrogens (primary N) is 1. The van der Waals surface area contributed by atoms with Crippen LogP contribution in [0.4, 0.5) is 0 Å². The van der Waals surface area contributed by atoms with E-state index in [1.54, 1.807) is 18.4 Å². The molecule has 14 heavy (non-hydrogen) atoms.